The lowest BCUT2D eigenvalue weighted by atomic mass is 10.2. The van der Waals surface area contributed by atoms with Crippen molar-refractivity contribution in [2.75, 3.05) is 69.7 Å². The Labute approximate surface area is 260 Å². The largest absolute Gasteiger partial charge is 0.461 e. The summed E-state index contributed by atoms with van der Waals surface area (Å²) in [4.78, 5) is 53.1. The molecule has 12 nitrogen and oxygen atoms in total. The zero-order chi connectivity index (χ0) is 32.3. The van der Waals surface area contributed by atoms with Crippen LogP contribution in [0.15, 0.2) is 48.5 Å². The van der Waals surface area contributed by atoms with Gasteiger partial charge in [0.25, 0.3) is 0 Å². The highest BCUT2D eigenvalue weighted by Gasteiger charge is 2.14. The maximum atomic E-state index is 12.2. The van der Waals surface area contributed by atoms with Gasteiger partial charge in [-0.1, -0.05) is 27.7 Å². The van der Waals surface area contributed by atoms with E-state index in [4.69, 9.17) is 18.9 Å². The minimum absolute atomic E-state index is 0.0162. The minimum atomic E-state index is -0.678. The molecule has 2 rings (SSSR count). The number of anilines is 2. The molecule has 242 valence electrons. The molecule has 2 amide bonds. The summed E-state index contributed by atoms with van der Waals surface area (Å²) in [5.41, 5.74) is 1.67. The van der Waals surface area contributed by atoms with E-state index in [2.05, 4.69) is 48.1 Å². The van der Waals surface area contributed by atoms with Crippen LogP contribution in [0, 0.1) is 0 Å². The van der Waals surface area contributed by atoms with E-state index in [-0.39, 0.29) is 13.0 Å². The molecule has 0 spiro atoms. The van der Waals surface area contributed by atoms with Gasteiger partial charge < -0.3 is 28.7 Å². The number of benzene rings is 2. The zero-order valence-corrected chi connectivity index (χ0v) is 26.4. The number of hydrogen-bond acceptors (Lipinski definition) is 10. The summed E-state index contributed by atoms with van der Waals surface area (Å²) in [5.74, 6) is -0.856. The summed E-state index contributed by atoms with van der Waals surface area (Å²) in [6.07, 6.45) is -1.61. The average molecular weight is 615 g/mol. The first-order valence-corrected chi connectivity index (χ1v) is 15.1. The molecule has 44 heavy (non-hydrogen) atoms. The third-order valence-corrected chi connectivity index (χ3v) is 6.87. The molecule has 2 N–H and O–H groups in total. The molecule has 0 aliphatic rings. The normalized spacial score (nSPS) is 11.5. The standard InChI is InChI=1S/C32H46N4O8/c1-6-35(7-2)19-22-41-29(37)25-10-14-27(15-11-25)33-31(39)43-21-18-24(5)44-32(40)34-28-16-12-26(13-17-28)30(38)42-23-20-36(8-3)9-4/h10-17,24H,6-9,18-23H2,1-5H3,(H,33,39)(H,34,40). The van der Waals surface area contributed by atoms with Crippen molar-refractivity contribution in [3.63, 3.8) is 0 Å². The van der Waals surface area contributed by atoms with Crippen molar-refractivity contribution in [2.45, 2.75) is 47.1 Å². The molecule has 0 aromatic heterocycles. The smallest absolute Gasteiger partial charge is 0.411 e. The van der Waals surface area contributed by atoms with Crippen LogP contribution < -0.4 is 10.6 Å². The number of nitrogens with zero attached hydrogens (tertiary/aromatic N) is 2. The van der Waals surface area contributed by atoms with Crippen LogP contribution in [0.1, 0.15) is 61.8 Å². The Kier molecular flexibility index (Phi) is 16.3. The first-order chi connectivity index (χ1) is 21.2. The predicted molar refractivity (Wildman–Crippen MR) is 168 cm³/mol. The highest BCUT2D eigenvalue weighted by atomic mass is 16.6. The van der Waals surface area contributed by atoms with Crippen LogP contribution in [-0.2, 0) is 18.9 Å². The number of likely N-dealkylation sites (N-methyl/N-ethyl adjacent to an activating group) is 2. The number of rotatable bonds is 18. The maximum Gasteiger partial charge on any atom is 0.411 e. The molecule has 2 aromatic carbocycles. The summed E-state index contributed by atoms with van der Waals surface area (Å²) in [6, 6.07) is 12.6. The van der Waals surface area contributed by atoms with E-state index in [9.17, 15) is 19.2 Å². The lowest BCUT2D eigenvalue weighted by Crippen LogP contribution is -2.27. The number of ether oxygens (including phenoxy) is 4. The first kappa shape index (κ1) is 36.0. The lowest BCUT2D eigenvalue weighted by Gasteiger charge is -2.17. The van der Waals surface area contributed by atoms with Crippen LogP contribution >= 0.6 is 0 Å². The van der Waals surface area contributed by atoms with Gasteiger partial charge in [0.15, 0.2) is 0 Å². The van der Waals surface area contributed by atoms with Gasteiger partial charge in [-0.2, -0.15) is 0 Å². The van der Waals surface area contributed by atoms with Crippen molar-refractivity contribution >= 4 is 35.5 Å². The van der Waals surface area contributed by atoms with Crippen LogP contribution in [0.5, 0.6) is 0 Å². The summed E-state index contributed by atoms with van der Waals surface area (Å²) in [7, 11) is 0. The molecule has 0 aliphatic heterocycles. The highest BCUT2D eigenvalue weighted by Crippen LogP contribution is 2.13. The lowest BCUT2D eigenvalue weighted by molar-refractivity contribution is 0.0457. The van der Waals surface area contributed by atoms with Gasteiger partial charge in [-0.05, 0) is 81.6 Å². The Morgan fingerprint density at radius 3 is 1.43 bits per heavy atom. The van der Waals surface area contributed by atoms with Gasteiger partial charge >= 0.3 is 24.1 Å². The molecule has 1 atom stereocenters. The Morgan fingerprint density at radius 1 is 0.614 bits per heavy atom. The molecule has 0 aliphatic carbocycles. The predicted octanol–water partition coefficient (Wildman–Crippen LogP) is 5.26. The van der Waals surface area contributed by atoms with Crippen LogP contribution in [0.25, 0.3) is 0 Å². The molecule has 0 bridgehead atoms. The number of carbonyl (C=O) groups is 4. The van der Waals surface area contributed by atoms with Gasteiger partial charge in [0.05, 0.1) is 17.7 Å². The first-order valence-electron chi connectivity index (χ1n) is 15.1. The van der Waals surface area contributed by atoms with E-state index >= 15 is 0 Å². The van der Waals surface area contributed by atoms with Gasteiger partial charge in [-0.25, -0.2) is 19.2 Å². The summed E-state index contributed by atoms with van der Waals surface area (Å²) in [5, 5.41) is 5.19. The molecular formula is C32H46N4O8. The quantitative estimate of drug-likeness (QED) is 0.169. The third kappa shape index (κ3) is 13.4. The molecule has 0 saturated carbocycles. The van der Waals surface area contributed by atoms with Gasteiger partial charge in [0, 0.05) is 30.9 Å². The van der Waals surface area contributed by atoms with Crippen LogP contribution in [0.4, 0.5) is 21.0 Å². The second kappa shape index (κ2) is 19.9. The number of amides is 2. The number of hydrogen-bond donors (Lipinski definition) is 2. The zero-order valence-electron chi connectivity index (χ0n) is 26.4. The van der Waals surface area contributed by atoms with Gasteiger partial charge in [0.2, 0.25) is 0 Å². The number of nitrogens with one attached hydrogen (secondary N) is 2. The fourth-order valence-electron chi connectivity index (χ4n) is 4.02. The third-order valence-electron chi connectivity index (χ3n) is 6.87. The van der Waals surface area contributed by atoms with E-state index < -0.39 is 30.2 Å². The monoisotopic (exact) mass is 614 g/mol. The van der Waals surface area contributed by atoms with Gasteiger partial charge in [-0.15, -0.1) is 0 Å². The van der Waals surface area contributed by atoms with Crippen LogP contribution in [0.2, 0.25) is 0 Å². The summed E-state index contributed by atoms with van der Waals surface area (Å²) in [6.45, 7) is 15.4. The Morgan fingerprint density at radius 2 is 1.02 bits per heavy atom. The fourth-order valence-corrected chi connectivity index (χ4v) is 4.02. The summed E-state index contributed by atoms with van der Waals surface area (Å²) >= 11 is 0. The molecule has 2 aromatic rings. The van der Waals surface area contributed by atoms with Crippen molar-refractivity contribution in [1.29, 1.82) is 0 Å². The molecule has 0 fully saturated rings. The molecular weight excluding hydrogens is 568 g/mol. The molecule has 0 radical (unpaired) electrons. The molecule has 1 unspecified atom stereocenters. The van der Waals surface area contributed by atoms with Gasteiger partial charge in [-0.3, -0.25) is 10.6 Å². The fraction of sp³-hybridized carbons (Fsp3) is 0.500. The van der Waals surface area contributed by atoms with Crippen molar-refractivity contribution in [1.82, 2.24) is 9.80 Å². The van der Waals surface area contributed by atoms with Crippen molar-refractivity contribution in [3.05, 3.63) is 59.7 Å². The van der Waals surface area contributed by atoms with Crippen molar-refractivity contribution < 1.29 is 38.1 Å². The molecule has 12 heteroatoms. The Hall–Kier alpha value is -4.16. The summed E-state index contributed by atoms with van der Waals surface area (Å²) < 4.78 is 21.1. The second-order valence-electron chi connectivity index (χ2n) is 9.87. The average Bonchev–Trinajstić information content (AvgIpc) is 3.01. The SMILES string of the molecule is CCN(CC)CCOC(=O)c1ccc(NC(=O)OCCC(C)OC(=O)Nc2ccc(C(=O)OCCN(CC)CC)cc2)cc1. The van der Waals surface area contributed by atoms with Crippen molar-refractivity contribution in [3.8, 4) is 0 Å². The van der Waals surface area contributed by atoms with E-state index in [0.29, 0.717) is 48.8 Å². The minimum Gasteiger partial charge on any atom is -0.461 e. The number of esters is 2. The Balaban J connectivity index is 1.66. The topological polar surface area (TPSA) is 136 Å². The van der Waals surface area contributed by atoms with Gasteiger partial charge in [0.1, 0.15) is 19.3 Å². The van der Waals surface area contributed by atoms with E-state index in [1.165, 1.54) is 0 Å². The van der Waals surface area contributed by atoms with Crippen LogP contribution in [0.3, 0.4) is 0 Å². The Bertz CT molecular complexity index is 1170. The maximum absolute atomic E-state index is 12.2. The van der Waals surface area contributed by atoms with Crippen molar-refractivity contribution in [2.24, 2.45) is 0 Å². The number of carbonyl (C=O) groups excluding carboxylic acids is 4. The second-order valence-corrected chi connectivity index (χ2v) is 9.87. The van der Waals surface area contributed by atoms with E-state index in [1.54, 1.807) is 55.5 Å². The van der Waals surface area contributed by atoms with Crippen LogP contribution in [-0.4, -0.2) is 99.1 Å². The molecule has 0 heterocycles. The highest BCUT2D eigenvalue weighted by molar-refractivity contribution is 5.92. The molecule has 0 saturated heterocycles. The van der Waals surface area contributed by atoms with E-state index in [0.717, 1.165) is 26.2 Å². The van der Waals surface area contributed by atoms with E-state index in [1.807, 2.05) is 0 Å².